The van der Waals surface area contributed by atoms with Crippen molar-refractivity contribution < 1.29 is 4.79 Å². The van der Waals surface area contributed by atoms with Crippen molar-refractivity contribution in [2.75, 3.05) is 13.1 Å². The standard InChI is InChI=1S/C6H14N2OS/c7-3-1-5(2-4-8)6(9)10/h5H,1-4,7-8H2,(H,9,10). The molecule has 0 amide bonds. The van der Waals surface area contributed by atoms with Crippen LogP contribution in [0.5, 0.6) is 0 Å². The second kappa shape index (κ2) is 5.70. The number of thiol groups is 1. The lowest BCUT2D eigenvalue weighted by molar-refractivity contribution is -0.114. The molecule has 0 saturated carbocycles. The molecule has 60 valence electrons. The molecule has 0 saturated heterocycles. The monoisotopic (exact) mass is 162 g/mol. The van der Waals surface area contributed by atoms with E-state index in [1.165, 1.54) is 0 Å². The van der Waals surface area contributed by atoms with Crippen LogP contribution >= 0.6 is 12.6 Å². The van der Waals surface area contributed by atoms with Crippen molar-refractivity contribution in [2.45, 2.75) is 12.8 Å². The van der Waals surface area contributed by atoms with Gasteiger partial charge in [-0.1, -0.05) is 0 Å². The van der Waals surface area contributed by atoms with E-state index in [4.69, 9.17) is 11.5 Å². The van der Waals surface area contributed by atoms with Gasteiger partial charge in [0.15, 0.2) is 5.12 Å². The number of hydrogen-bond acceptors (Lipinski definition) is 3. The first-order valence-corrected chi connectivity index (χ1v) is 3.80. The number of carbonyl (C=O) groups excluding carboxylic acids is 1. The Bertz CT molecular complexity index is 102. The van der Waals surface area contributed by atoms with Crippen LogP contribution in [0.2, 0.25) is 0 Å². The van der Waals surface area contributed by atoms with E-state index in [2.05, 4.69) is 12.6 Å². The van der Waals surface area contributed by atoms with Crippen molar-refractivity contribution in [3.63, 3.8) is 0 Å². The second-order valence-electron chi connectivity index (χ2n) is 2.19. The topological polar surface area (TPSA) is 69.1 Å². The Morgan fingerprint density at radius 3 is 1.90 bits per heavy atom. The van der Waals surface area contributed by atoms with Gasteiger partial charge in [0.25, 0.3) is 0 Å². The third kappa shape index (κ3) is 3.87. The predicted octanol–water partition coefficient (Wildman–Crippen LogP) is -0.243. The van der Waals surface area contributed by atoms with Gasteiger partial charge in [-0.05, 0) is 25.9 Å². The van der Waals surface area contributed by atoms with E-state index < -0.39 is 0 Å². The third-order valence-corrected chi connectivity index (χ3v) is 1.74. The summed E-state index contributed by atoms with van der Waals surface area (Å²) in [6.45, 7) is 1.05. The lowest BCUT2D eigenvalue weighted by Crippen LogP contribution is -2.18. The summed E-state index contributed by atoms with van der Waals surface area (Å²) < 4.78 is 0. The fourth-order valence-electron chi connectivity index (χ4n) is 0.794. The molecule has 4 N–H and O–H groups in total. The van der Waals surface area contributed by atoms with Crippen LogP contribution in [0.25, 0.3) is 0 Å². The Kier molecular flexibility index (Phi) is 5.67. The van der Waals surface area contributed by atoms with E-state index in [0.29, 0.717) is 25.9 Å². The van der Waals surface area contributed by atoms with E-state index in [-0.39, 0.29) is 11.0 Å². The van der Waals surface area contributed by atoms with Crippen LogP contribution in [0.4, 0.5) is 0 Å². The maximum atomic E-state index is 10.7. The van der Waals surface area contributed by atoms with E-state index in [9.17, 15) is 4.79 Å². The quantitative estimate of drug-likeness (QED) is 0.489. The Morgan fingerprint density at radius 1 is 1.30 bits per heavy atom. The molecule has 0 rings (SSSR count). The van der Waals surface area contributed by atoms with Gasteiger partial charge in [0, 0.05) is 5.92 Å². The molecular formula is C6H14N2OS. The van der Waals surface area contributed by atoms with Crippen LogP contribution in [0.1, 0.15) is 12.8 Å². The molecule has 4 heteroatoms. The molecule has 0 aromatic carbocycles. The van der Waals surface area contributed by atoms with Gasteiger partial charge in [0.1, 0.15) is 0 Å². The smallest absolute Gasteiger partial charge is 0.189 e. The van der Waals surface area contributed by atoms with Gasteiger partial charge in [-0.2, -0.15) is 0 Å². The minimum atomic E-state index is -0.101. The number of hydrogen-bond donors (Lipinski definition) is 3. The fraction of sp³-hybridized carbons (Fsp3) is 0.833. The van der Waals surface area contributed by atoms with E-state index in [1.807, 2.05) is 0 Å². The zero-order valence-electron chi connectivity index (χ0n) is 5.92. The fourth-order valence-corrected chi connectivity index (χ4v) is 1.05. The van der Waals surface area contributed by atoms with Crippen LogP contribution in [0, 0.1) is 5.92 Å². The molecular weight excluding hydrogens is 148 g/mol. The predicted molar refractivity (Wildman–Crippen MR) is 44.8 cm³/mol. The van der Waals surface area contributed by atoms with Gasteiger partial charge < -0.3 is 11.5 Å². The van der Waals surface area contributed by atoms with E-state index in [0.717, 1.165) is 0 Å². The first-order valence-electron chi connectivity index (χ1n) is 3.35. The summed E-state index contributed by atoms with van der Waals surface area (Å²) in [5.74, 6) is -0.0432. The average Bonchev–Trinajstić information content (AvgIpc) is 1.87. The van der Waals surface area contributed by atoms with E-state index >= 15 is 0 Å². The van der Waals surface area contributed by atoms with Gasteiger partial charge in [-0.15, -0.1) is 12.6 Å². The maximum Gasteiger partial charge on any atom is 0.189 e. The zero-order valence-corrected chi connectivity index (χ0v) is 6.81. The highest BCUT2D eigenvalue weighted by Gasteiger charge is 2.11. The summed E-state index contributed by atoms with van der Waals surface area (Å²) >= 11 is 3.71. The van der Waals surface area contributed by atoms with Crippen molar-refractivity contribution >= 4 is 17.7 Å². The van der Waals surface area contributed by atoms with Gasteiger partial charge in [-0.25, -0.2) is 0 Å². The molecule has 10 heavy (non-hydrogen) atoms. The summed E-state index contributed by atoms with van der Waals surface area (Å²) in [6, 6.07) is 0. The largest absolute Gasteiger partial charge is 0.330 e. The molecule has 0 aliphatic carbocycles. The lowest BCUT2D eigenvalue weighted by atomic mass is 10.0. The summed E-state index contributed by atoms with van der Waals surface area (Å²) in [5, 5.41) is -0.101. The summed E-state index contributed by atoms with van der Waals surface area (Å²) in [6.07, 6.45) is 1.39. The number of carbonyl (C=O) groups is 1. The Labute approximate surface area is 66.6 Å². The molecule has 0 radical (unpaired) electrons. The summed E-state index contributed by atoms with van der Waals surface area (Å²) in [5.41, 5.74) is 10.5. The second-order valence-corrected chi connectivity index (χ2v) is 2.63. The summed E-state index contributed by atoms with van der Waals surface area (Å²) in [4.78, 5) is 10.7. The zero-order chi connectivity index (χ0) is 7.98. The molecule has 0 aliphatic rings. The normalized spacial score (nSPS) is 10.4. The van der Waals surface area contributed by atoms with Crippen LogP contribution in [0.3, 0.4) is 0 Å². The summed E-state index contributed by atoms with van der Waals surface area (Å²) in [7, 11) is 0. The average molecular weight is 162 g/mol. The first-order chi connectivity index (χ1) is 4.72. The van der Waals surface area contributed by atoms with Crippen LogP contribution in [0.15, 0.2) is 0 Å². The molecule has 0 spiro atoms. The lowest BCUT2D eigenvalue weighted by Gasteiger charge is -2.08. The Hall–Kier alpha value is -0.0600. The van der Waals surface area contributed by atoms with Crippen molar-refractivity contribution in [3.8, 4) is 0 Å². The van der Waals surface area contributed by atoms with Crippen LogP contribution in [-0.4, -0.2) is 18.2 Å². The molecule has 3 nitrogen and oxygen atoms in total. The maximum absolute atomic E-state index is 10.7. The SMILES string of the molecule is NCCC(CCN)C(=O)S. The third-order valence-electron chi connectivity index (χ3n) is 1.38. The first kappa shape index (κ1) is 9.94. The number of rotatable bonds is 5. The van der Waals surface area contributed by atoms with Gasteiger partial charge in [0.05, 0.1) is 0 Å². The number of nitrogens with two attached hydrogens (primary N) is 2. The molecule has 0 fully saturated rings. The van der Waals surface area contributed by atoms with Gasteiger partial charge in [0.2, 0.25) is 0 Å². The highest BCUT2D eigenvalue weighted by atomic mass is 32.1. The highest BCUT2D eigenvalue weighted by molar-refractivity contribution is 7.96. The molecule has 0 unspecified atom stereocenters. The van der Waals surface area contributed by atoms with Gasteiger partial charge in [-0.3, -0.25) is 4.79 Å². The van der Waals surface area contributed by atoms with Crippen molar-refractivity contribution in [3.05, 3.63) is 0 Å². The molecule has 0 heterocycles. The highest BCUT2D eigenvalue weighted by Crippen LogP contribution is 2.09. The van der Waals surface area contributed by atoms with Crippen LogP contribution < -0.4 is 11.5 Å². The minimum Gasteiger partial charge on any atom is -0.330 e. The molecule has 0 bridgehead atoms. The molecule has 0 aromatic rings. The Balaban J connectivity index is 3.61. The molecule has 0 aromatic heterocycles. The van der Waals surface area contributed by atoms with E-state index in [1.54, 1.807) is 0 Å². The molecule has 0 aliphatic heterocycles. The van der Waals surface area contributed by atoms with Gasteiger partial charge >= 0.3 is 0 Å². The molecule has 0 atom stereocenters. The van der Waals surface area contributed by atoms with Crippen LogP contribution in [-0.2, 0) is 4.79 Å². The van der Waals surface area contributed by atoms with Crippen molar-refractivity contribution in [2.24, 2.45) is 17.4 Å². The van der Waals surface area contributed by atoms with Crippen molar-refractivity contribution in [1.82, 2.24) is 0 Å². The minimum absolute atomic E-state index is 0.0432. The van der Waals surface area contributed by atoms with Crippen molar-refractivity contribution in [1.29, 1.82) is 0 Å². The Morgan fingerprint density at radius 2 is 1.70 bits per heavy atom.